The minimum atomic E-state index is -0.404. The van der Waals surface area contributed by atoms with Crippen LogP contribution in [0.25, 0.3) is 10.9 Å². The van der Waals surface area contributed by atoms with Gasteiger partial charge in [-0.2, -0.15) is 5.10 Å². The molecule has 31 heavy (non-hydrogen) atoms. The van der Waals surface area contributed by atoms with Crippen LogP contribution in [0.3, 0.4) is 0 Å². The fourth-order valence-corrected chi connectivity index (χ4v) is 3.45. The minimum absolute atomic E-state index is 0.217. The largest absolute Gasteiger partial charge is 0.484 e. The summed E-state index contributed by atoms with van der Waals surface area (Å²) in [6, 6.07) is 12.5. The van der Waals surface area contributed by atoms with Gasteiger partial charge in [0.05, 0.1) is 18.4 Å². The number of ether oxygens (including phenoxy) is 2. The lowest BCUT2D eigenvalue weighted by atomic mass is 10.1. The van der Waals surface area contributed by atoms with Gasteiger partial charge in [0.1, 0.15) is 5.75 Å². The lowest BCUT2D eigenvalue weighted by Crippen LogP contribution is -2.24. The van der Waals surface area contributed by atoms with Crippen molar-refractivity contribution in [2.24, 2.45) is 5.10 Å². The van der Waals surface area contributed by atoms with Gasteiger partial charge in [-0.1, -0.05) is 23.7 Å². The molecule has 0 aliphatic carbocycles. The predicted octanol–water partition coefficient (Wildman–Crippen LogP) is 4.33. The zero-order valence-electron chi connectivity index (χ0n) is 17.6. The van der Waals surface area contributed by atoms with E-state index in [-0.39, 0.29) is 12.6 Å². The van der Waals surface area contributed by atoms with E-state index in [1.165, 1.54) is 6.21 Å². The molecule has 1 heterocycles. The molecule has 3 aromatic rings. The van der Waals surface area contributed by atoms with Crippen LogP contribution in [-0.4, -0.2) is 35.9 Å². The Kier molecular flexibility index (Phi) is 7.31. The maximum absolute atomic E-state index is 12.5. The fourth-order valence-electron chi connectivity index (χ4n) is 3.33. The second kappa shape index (κ2) is 10.1. The number of benzene rings is 2. The molecule has 3 rings (SSSR count). The SMILES string of the molecule is CCOC(=O)c1c(C)n(CC)c2ccc(OCC(=O)N/N=C\c3ccc(Cl)cc3)cc12. The van der Waals surface area contributed by atoms with E-state index in [0.717, 1.165) is 28.7 Å². The van der Waals surface area contributed by atoms with Crippen molar-refractivity contribution in [3.05, 3.63) is 64.3 Å². The average Bonchev–Trinajstić information content (AvgIpc) is 3.04. The molecule has 0 bridgehead atoms. The number of rotatable bonds is 8. The molecule has 0 aliphatic rings. The molecule has 7 nitrogen and oxygen atoms in total. The third kappa shape index (κ3) is 5.24. The van der Waals surface area contributed by atoms with Gasteiger partial charge in [-0.3, -0.25) is 4.79 Å². The second-order valence-electron chi connectivity index (χ2n) is 6.74. The number of halogens is 1. The molecular weight excluding hydrogens is 418 g/mol. The number of aromatic nitrogens is 1. The topological polar surface area (TPSA) is 81.9 Å². The highest BCUT2D eigenvalue weighted by atomic mass is 35.5. The summed E-state index contributed by atoms with van der Waals surface area (Å²) in [5.74, 6) is -0.301. The van der Waals surface area contributed by atoms with Crippen molar-refractivity contribution >= 4 is 40.6 Å². The van der Waals surface area contributed by atoms with E-state index >= 15 is 0 Å². The van der Waals surface area contributed by atoms with Crippen LogP contribution in [0.15, 0.2) is 47.6 Å². The molecule has 0 saturated heterocycles. The van der Waals surface area contributed by atoms with Crippen molar-refractivity contribution in [3.63, 3.8) is 0 Å². The number of hydrazone groups is 1. The molecule has 0 fully saturated rings. The summed E-state index contributed by atoms with van der Waals surface area (Å²) < 4.78 is 12.9. The van der Waals surface area contributed by atoms with E-state index in [4.69, 9.17) is 21.1 Å². The van der Waals surface area contributed by atoms with Gasteiger partial charge in [0, 0.05) is 28.2 Å². The van der Waals surface area contributed by atoms with Crippen molar-refractivity contribution in [2.45, 2.75) is 27.3 Å². The lowest BCUT2D eigenvalue weighted by molar-refractivity contribution is -0.123. The van der Waals surface area contributed by atoms with Gasteiger partial charge in [0.25, 0.3) is 5.91 Å². The Balaban J connectivity index is 1.70. The summed E-state index contributed by atoms with van der Waals surface area (Å²) in [4.78, 5) is 24.5. The number of nitrogens with one attached hydrogen (secondary N) is 1. The molecule has 0 saturated carbocycles. The van der Waals surface area contributed by atoms with Gasteiger partial charge in [-0.05, 0) is 56.7 Å². The normalized spacial score (nSPS) is 11.1. The molecule has 1 aromatic heterocycles. The molecule has 2 aromatic carbocycles. The van der Waals surface area contributed by atoms with E-state index in [0.29, 0.717) is 22.9 Å². The van der Waals surface area contributed by atoms with Gasteiger partial charge in [-0.25, -0.2) is 10.2 Å². The summed E-state index contributed by atoms with van der Waals surface area (Å²) in [6.07, 6.45) is 1.52. The fraction of sp³-hybridized carbons (Fsp3) is 0.261. The van der Waals surface area contributed by atoms with Crippen molar-refractivity contribution in [3.8, 4) is 5.75 Å². The van der Waals surface area contributed by atoms with Crippen molar-refractivity contribution in [1.82, 2.24) is 9.99 Å². The van der Waals surface area contributed by atoms with Gasteiger partial charge >= 0.3 is 5.97 Å². The zero-order chi connectivity index (χ0) is 22.4. The first-order valence-electron chi connectivity index (χ1n) is 9.94. The van der Waals surface area contributed by atoms with Crippen LogP contribution in [0, 0.1) is 6.92 Å². The molecule has 1 N–H and O–H groups in total. The van der Waals surface area contributed by atoms with E-state index in [2.05, 4.69) is 10.5 Å². The lowest BCUT2D eigenvalue weighted by Gasteiger charge is -2.07. The molecule has 8 heteroatoms. The van der Waals surface area contributed by atoms with Gasteiger partial charge in [0.15, 0.2) is 6.61 Å². The molecule has 1 amide bonds. The monoisotopic (exact) mass is 441 g/mol. The number of amides is 1. The number of fused-ring (bicyclic) bond motifs is 1. The summed E-state index contributed by atoms with van der Waals surface area (Å²) >= 11 is 5.84. The molecule has 0 spiro atoms. The maximum Gasteiger partial charge on any atom is 0.340 e. The Hall–Kier alpha value is -3.32. The molecule has 162 valence electrons. The van der Waals surface area contributed by atoms with Crippen LogP contribution in [0.2, 0.25) is 5.02 Å². The van der Waals surface area contributed by atoms with Crippen molar-refractivity contribution < 1.29 is 19.1 Å². The summed E-state index contributed by atoms with van der Waals surface area (Å²) in [6.45, 7) is 6.48. The van der Waals surface area contributed by atoms with E-state index in [1.807, 2.05) is 24.5 Å². The number of hydrogen-bond donors (Lipinski definition) is 1. The number of aryl methyl sites for hydroxylation is 1. The summed E-state index contributed by atoms with van der Waals surface area (Å²) in [7, 11) is 0. The van der Waals surface area contributed by atoms with Crippen LogP contribution in [0.1, 0.15) is 35.5 Å². The molecule has 0 atom stereocenters. The van der Waals surface area contributed by atoms with Crippen LogP contribution in [0.5, 0.6) is 5.75 Å². The Labute approximate surface area is 185 Å². The Morgan fingerprint density at radius 1 is 1.16 bits per heavy atom. The first kappa shape index (κ1) is 22.4. The molecule has 0 radical (unpaired) electrons. The smallest absolute Gasteiger partial charge is 0.340 e. The van der Waals surface area contributed by atoms with Crippen molar-refractivity contribution in [1.29, 1.82) is 0 Å². The average molecular weight is 442 g/mol. The Morgan fingerprint density at radius 3 is 2.58 bits per heavy atom. The maximum atomic E-state index is 12.5. The number of carbonyl (C=O) groups excluding carboxylic acids is 2. The van der Waals surface area contributed by atoms with Gasteiger partial charge in [0.2, 0.25) is 0 Å². The first-order valence-corrected chi connectivity index (χ1v) is 10.3. The minimum Gasteiger partial charge on any atom is -0.484 e. The zero-order valence-corrected chi connectivity index (χ0v) is 18.4. The quantitative estimate of drug-likeness (QED) is 0.320. The number of nitrogens with zero attached hydrogens (tertiary/aromatic N) is 2. The predicted molar refractivity (Wildman–Crippen MR) is 121 cm³/mol. The van der Waals surface area contributed by atoms with E-state index in [9.17, 15) is 9.59 Å². The highest BCUT2D eigenvalue weighted by Gasteiger charge is 2.21. The number of hydrogen-bond acceptors (Lipinski definition) is 5. The first-order chi connectivity index (χ1) is 14.9. The summed E-state index contributed by atoms with van der Waals surface area (Å²) in [5.41, 5.74) is 5.48. The third-order valence-electron chi connectivity index (χ3n) is 4.73. The standard InChI is InChI=1S/C23H24ClN3O4/c1-4-27-15(3)22(23(29)30-5-2)19-12-18(10-11-20(19)27)31-14-21(28)26-25-13-16-6-8-17(24)9-7-16/h6-13H,4-5,14H2,1-3H3,(H,26,28)/b25-13-. The Morgan fingerprint density at radius 2 is 1.90 bits per heavy atom. The second-order valence-corrected chi connectivity index (χ2v) is 7.17. The number of carbonyl (C=O) groups is 2. The van der Waals surface area contributed by atoms with Crippen molar-refractivity contribution in [2.75, 3.05) is 13.2 Å². The van der Waals surface area contributed by atoms with E-state index in [1.54, 1.807) is 43.3 Å². The third-order valence-corrected chi connectivity index (χ3v) is 4.99. The van der Waals surface area contributed by atoms with Crippen LogP contribution < -0.4 is 10.2 Å². The van der Waals surface area contributed by atoms with Crippen LogP contribution >= 0.6 is 11.6 Å². The Bertz CT molecular complexity index is 1120. The summed E-state index contributed by atoms with van der Waals surface area (Å²) in [5, 5.41) is 5.26. The highest BCUT2D eigenvalue weighted by Crippen LogP contribution is 2.30. The van der Waals surface area contributed by atoms with Gasteiger partial charge in [-0.15, -0.1) is 0 Å². The van der Waals surface area contributed by atoms with Gasteiger partial charge < -0.3 is 14.0 Å². The number of esters is 1. The molecular formula is C23H24ClN3O4. The van der Waals surface area contributed by atoms with E-state index < -0.39 is 5.91 Å². The van der Waals surface area contributed by atoms with Crippen LogP contribution in [-0.2, 0) is 16.1 Å². The molecule has 0 unspecified atom stereocenters. The highest BCUT2D eigenvalue weighted by molar-refractivity contribution is 6.30. The van der Waals surface area contributed by atoms with Crippen LogP contribution in [0.4, 0.5) is 0 Å². The molecule has 0 aliphatic heterocycles.